The van der Waals surface area contributed by atoms with Gasteiger partial charge in [-0.05, 0) is 49.6 Å². The van der Waals surface area contributed by atoms with Crippen molar-refractivity contribution in [2.24, 2.45) is 0 Å². The smallest absolute Gasteiger partial charge is 0.224 e. The van der Waals surface area contributed by atoms with Crippen molar-refractivity contribution in [3.63, 3.8) is 0 Å². The Kier molecular flexibility index (Phi) is 5.64. The average Bonchev–Trinajstić information content (AvgIpc) is 2.42. The summed E-state index contributed by atoms with van der Waals surface area (Å²) in [5.41, 5.74) is 1.05. The van der Waals surface area contributed by atoms with Gasteiger partial charge < -0.3 is 5.32 Å². The highest BCUT2D eigenvalue weighted by molar-refractivity contribution is 7.99. The van der Waals surface area contributed by atoms with Crippen LogP contribution in [0.4, 0.5) is 0 Å². The SMILES string of the molecule is CSC1CCC(NC(=O)Cc2ccc(S)cc2)CC1. The Morgan fingerprint density at radius 2 is 1.89 bits per heavy atom. The second kappa shape index (κ2) is 7.25. The lowest BCUT2D eigenvalue weighted by atomic mass is 9.95. The molecule has 104 valence electrons. The third kappa shape index (κ3) is 4.77. The van der Waals surface area contributed by atoms with Gasteiger partial charge in [0.05, 0.1) is 6.42 Å². The van der Waals surface area contributed by atoms with Crippen molar-refractivity contribution in [2.75, 3.05) is 6.26 Å². The lowest BCUT2D eigenvalue weighted by molar-refractivity contribution is -0.121. The molecule has 1 aromatic rings. The maximum Gasteiger partial charge on any atom is 0.224 e. The van der Waals surface area contributed by atoms with Gasteiger partial charge in [-0.2, -0.15) is 11.8 Å². The largest absolute Gasteiger partial charge is 0.353 e. The normalized spacial score (nSPS) is 23.1. The van der Waals surface area contributed by atoms with Crippen LogP contribution in [-0.4, -0.2) is 23.5 Å². The minimum Gasteiger partial charge on any atom is -0.353 e. The van der Waals surface area contributed by atoms with E-state index in [1.54, 1.807) is 0 Å². The molecule has 0 radical (unpaired) electrons. The molecule has 0 unspecified atom stereocenters. The summed E-state index contributed by atoms with van der Waals surface area (Å²) < 4.78 is 0. The molecule has 0 bridgehead atoms. The Balaban J connectivity index is 1.77. The van der Waals surface area contributed by atoms with Gasteiger partial charge in [0.2, 0.25) is 5.91 Å². The second-order valence-electron chi connectivity index (χ2n) is 5.12. The summed E-state index contributed by atoms with van der Waals surface area (Å²) >= 11 is 6.19. The third-order valence-electron chi connectivity index (χ3n) is 3.67. The Morgan fingerprint density at radius 3 is 2.47 bits per heavy atom. The lowest BCUT2D eigenvalue weighted by Gasteiger charge is -2.28. The van der Waals surface area contributed by atoms with Gasteiger partial charge in [-0.1, -0.05) is 12.1 Å². The number of carbonyl (C=O) groups is 1. The van der Waals surface area contributed by atoms with Crippen LogP contribution in [0.5, 0.6) is 0 Å². The lowest BCUT2D eigenvalue weighted by Crippen LogP contribution is -2.38. The minimum absolute atomic E-state index is 0.138. The van der Waals surface area contributed by atoms with E-state index in [0.717, 1.165) is 28.6 Å². The van der Waals surface area contributed by atoms with E-state index in [0.29, 0.717) is 12.5 Å². The van der Waals surface area contributed by atoms with Crippen LogP contribution in [0.1, 0.15) is 31.2 Å². The van der Waals surface area contributed by atoms with E-state index < -0.39 is 0 Å². The fourth-order valence-corrected chi connectivity index (χ4v) is 3.41. The molecule has 0 saturated heterocycles. The molecule has 2 nitrogen and oxygen atoms in total. The Labute approximate surface area is 125 Å². The molecule has 1 amide bonds. The molecule has 1 saturated carbocycles. The topological polar surface area (TPSA) is 29.1 Å². The van der Waals surface area contributed by atoms with Crippen LogP contribution < -0.4 is 5.32 Å². The van der Waals surface area contributed by atoms with Gasteiger partial charge >= 0.3 is 0 Å². The predicted octanol–water partition coefficient (Wildman–Crippen LogP) is 3.31. The van der Waals surface area contributed by atoms with Gasteiger partial charge in [0.1, 0.15) is 0 Å². The molecule has 1 aliphatic carbocycles. The van der Waals surface area contributed by atoms with Crippen molar-refractivity contribution in [2.45, 2.75) is 48.3 Å². The maximum atomic E-state index is 12.0. The second-order valence-corrected chi connectivity index (χ2v) is 6.77. The van der Waals surface area contributed by atoms with Gasteiger partial charge in [0.15, 0.2) is 0 Å². The summed E-state index contributed by atoms with van der Waals surface area (Å²) in [6, 6.07) is 8.16. The number of rotatable bonds is 4. The van der Waals surface area contributed by atoms with Crippen LogP contribution in [0.25, 0.3) is 0 Å². The van der Waals surface area contributed by atoms with E-state index in [9.17, 15) is 4.79 Å². The minimum atomic E-state index is 0.138. The first-order valence-corrected chi connectivity index (χ1v) is 8.51. The molecular weight excluding hydrogens is 274 g/mol. The summed E-state index contributed by atoms with van der Waals surface area (Å²) in [4.78, 5) is 12.9. The summed E-state index contributed by atoms with van der Waals surface area (Å²) in [5.74, 6) is 0.138. The molecular formula is C15H21NOS2. The number of carbonyl (C=O) groups excluding carboxylic acids is 1. The van der Waals surface area contributed by atoms with Crippen LogP contribution in [0.3, 0.4) is 0 Å². The molecule has 2 rings (SSSR count). The quantitative estimate of drug-likeness (QED) is 0.835. The number of thiol groups is 1. The van der Waals surface area contributed by atoms with Gasteiger partial charge in [-0.25, -0.2) is 0 Å². The van der Waals surface area contributed by atoms with Crippen LogP contribution >= 0.6 is 24.4 Å². The molecule has 1 aromatic carbocycles. The Morgan fingerprint density at radius 1 is 1.26 bits per heavy atom. The zero-order valence-corrected chi connectivity index (χ0v) is 13.0. The van der Waals surface area contributed by atoms with Crippen molar-refractivity contribution in [3.05, 3.63) is 29.8 Å². The fraction of sp³-hybridized carbons (Fsp3) is 0.533. The summed E-state index contributed by atoms with van der Waals surface area (Å²) in [6.45, 7) is 0. The molecule has 4 heteroatoms. The van der Waals surface area contributed by atoms with E-state index in [-0.39, 0.29) is 5.91 Å². The predicted molar refractivity (Wildman–Crippen MR) is 85.1 cm³/mol. The molecule has 0 spiro atoms. The van der Waals surface area contributed by atoms with Gasteiger partial charge in [0, 0.05) is 16.2 Å². The molecule has 0 aliphatic heterocycles. The molecule has 0 atom stereocenters. The van der Waals surface area contributed by atoms with Crippen LogP contribution in [-0.2, 0) is 11.2 Å². The van der Waals surface area contributed by atoms with E-state index in [2.05, 4.69) is 24.2 Å². The molecule has 1 fully saturated rings. The first-order valence-electron chi connectivity index (χ1n) is 6.77. The van der Waals surface area contributed by atoms with Crippen molar-refractivity contribution in [1.82, 2.24) is 5.32 Å². The first kappa shape index (κ1) is 14.8. The highest BCUT2D eigenvalue weighted by Gasteiger charge is 2.21. The third-order valence-corrected chi connectivity index (χ3v) is 5.11. The number of thioether (sulfide) groups is 1. The number of nitrogens with one attached hydrogen (secondary N) is 1. The van der Waals surface area contributed by atoms with Gasteiger partial charge in [-0.3, -0.25) is 4.79 Å². The van der Waals surface area contributed by atoms with Crippen LogP contribution in [0.2, 0.25) is 0 Å². The van der Waals surface area contributed by atoms with Crippen LogP contribution in [0.15, 0.2) is 29.2 Å². The highest BCUT2D eigenvalue weighted by atomic mass is 32.2. The van der Waals surface area contributed by atoms with E-state index in [1.807, 2.05) is 36.0 Å². The molecule has 0 aromatic heterocycles. The molecule has 1 aliphatic rings. The monoisotopic (exact) mass is 295 g/mol. The zero-order valence-electron chi connectivity index (χ0n) is 11.3. The Bertz CT molecular complexity index is 411. The highest BCUT2D eigenvalue weighted by Crippen LogP contribution is 2.26. The summed E-state index contributed by atoms with van der Waals surface area (Å²) in [5, 5.41) is 3.95. The Hall–Kier alpha value is -0.610. The van der Waals surface area contributed by atoms with E-state index in [4.69, 9.17) is 0 Å². The maximum absolute atomic E-state index is 12.0. The van der Waals surface area contributed by atoms with Crippen LogP contribution in [0, 0.1) is 0 Å². The number of benzene rings is 1. The van der Waals surface area contributed by atoms with E-state index >= 15 is 0 Å². The first-order chi connectivity index (χ1) is 9.17. The van der Waals surface area contributed by atoms with E-state index in [1.165, 1.54) is 12.8 Å². The fourth-order valence-electron chi connectivity index (χ4n) is 2.52. The average molecular weight is 295 g/mol. The van der Waals surface area contributed by atoms with Crippen molar-refractivity contribution in [3.8, 4) is 0 Å². The standard InChI is InChI=1S/C15H21NOS2/c1-19-14-8-4-12(5-9-14)16-15(17)10-11-2-6-13(18)7-3-11/h2-3,6-7,12,14,18H,4-5,8-10H2,1H3,(H,16,17). The van der Waals surface area contributed by atoms with Crippen molar-refractivity contribution < 1.29 is 4.79 Å². The van der Waals surface area contributed by atoms with Crippen molar-refractivity contribution >= 4 is 30.3 Å². The van der Waals surface area contributed by atoms with Gasteiger partial charge in [0.25, 0.3) is 0 Å². The zero-order chi connectivity index (χ0) is 13.7. The number of hydrogen-bond acceptors (Lipinski definition) is 3. The molecule has 19 heavy (non-hydrogen) atoms. The number of amides is 1. The van der Waals surface area contributed by atoms with Gasteiger partial charge in [-0.15, -0.1) is 12.6 Å². The van der Waals surface area contributed by atoms with Crippen molar-refractivity contribution in [1.29, 1.82) is 0 Å². The summed E-state index contributed by atoms with van der Waals surface area (Å²) in [7, 11) is 0. The summed E-state index contributed by atoms with van der Waals surface area (Å²) in [6.07, 6.45) is 7.33. The molecule has 0 heterocycles. The number of hydrogen-bond donors (Lipinski definition) is 2. The molecule has 1 N–H and O–H groups in total.